The first-order valence-corrected chi connectivity index (χ1v) is 7.58. The Bertz CT molecular complexity index is 706. The predicted molar refractivity (Wildman–Crippen MR) is 73.0 cm³/mol. The van der Waals surface area contributed by atoms with Gasteiger partial charge in [0.1, 0.15) is 0 Å². The van der Waals surface area contributed by atoms with Crippen LogP contribution in [-0.2, 0) is 21.2 Å². The lowest BCUT2D eigenvalue weighted by Gasteiger charge is -2.10. The summed E-state index contributed by atoms with van der Waals surface area (Å²) in [6, 6.07) is 6.72. The molecule has 0 radical (unpaired) electrons. The number of benzene rings is 1. The molecule has 1 amide bonds. The van der Waals surface area contributed by atoms with E-state index in [1.807, 2.05) is 29.0 Å². The lowest BCUT2D eigenvalue weighted by molar-refractivity contribution is -0.120. The van der Waals surface area contributed by atoms with E-state index in [9.17, 15) is 13.2 Å². The van der Waals surface area contributed by atoms with E-state index in [4.69, 9.17) is 5.73 Å². The van der Waals surface area contributed by atoms with Gasteiger partial charge in [0.2, 0.25) is 10.0 Å². The Morgan fingerprint density at radius 1 is 1.42 bits per heavy atom. The highest BCUT2D eigenvalue weighted by atomic mass is 32.2. The average Bonchev–Trinajstić information content (AvgIpc) is 2.70. The van der Waals surface area contributed by atoms with Crippen molar-refractivity contribution in [2.75, 3.05) is 6.26 Å². The Balaban J connectivity index is 2.15. The molecule has 4 N–H and O–H groups in total. The van der Waals surface area contributed by atoms with Crippen LogP contribution in [0.1, 0.15) is 5.56 Å². The van der Waals surface area contributed by atoms with Crippen molar-refractivity contribution < 1.29 is 13.2 Å². The van der Waals surface area contributed by atoms with Crippen molar-refractivity contribution in [3.63, 3.8) is 0 Å². The fourth-order valence-electron chi connectivity index (χ4n) is 1.89. The minimum absolute atomic E-state index is 0.269. The van der Waals surface area contributed by atoms with Crippen LogP contribution >= 0.6 is 0 Å². The number of hydrogen-bond donors (Lipinski definition) is 3. The molecule has 0 bridgehead atoms. The number of nitrogens with two attached hydrogens (primary N) is 1. The van der Waals surface area contributed by atoms with Gasteiger partial charge in [-0.2, -0.15) is 0 Å². The van der Waals surface area contributed by atoms with E-state index in [1.165, 1.54) is 0 Å². The van der Waals surface area contributed by atoms with Gasteiger partial charge in [0.15, 0.2) is 0 Å². The minimum Gasteiger partial charge on any atom is -0.361 e. The molecule has 0 unspecified atom stereocenters. The van der Waals surface area contributed by atoms with Crippen LogP contribution in [-0.4, -0.2) is 31.6 Å². The molecule has 0 spiro atoms. The number of aromatic nitrogens is 1. The van der Waals surface area contributed by atoms with Crippen LogP contribution in [0.3, 0.4) is 0 Å². The van der Waals surface area contributed by atoms with Crippen LogP contribution in [0.2, 0.25) is 0 Å². The summed E-state index contributed by atoms with van der Waals surface area (Å²) in [5, 5.41) is 0.977. The highest BCUT2D eigenvalue weighted by Gasteiger charge is 2.18. The van der Waals surface area contributed by atoms with Crippen molar-refractivity contribution in [2.45, 2.75) is 12.5 Å². The second-order valence-electron chi connectivity index (χ2n) is 4.41. The number of para-hydroxylation sites is 1. The first kappa shape index (κ1) is 13.6. The smallest absolute Gasteiger partial charge is 0.250 e. The predicted octanol–water partition coefficient (Wildman–Crippen LogP) is 0.114. The molecule has 0 saturated carbocycles. The molecule has 2 rings (SSSR count). The second kappa shape index (κ2) is 5.02. The number of sulfonamides is 1. The van der Waals surface area contributed by atoms with Crippen LogP contribution in [0, 0.1) is 0 Å². The SMILES string of the molecule is CS(=O)(=O)NC(=O)[C@@H](N)Cc1c[nH]c2ccccc12. The lowest BCUT2D eigenvalue weighted by atomic mass is 10.1. The zero-order valence-corrected chi connectivity index (χ0v) is 11.2. The summed E-state index contributed by atoms with van der Waals surface area (Å²) in [5.41, 5.74) is 7.55. The van der Waals surface area contributed by atoms with Crippen molar-refractivity contribution >= 4 is 26.8 Å². The van der Waals surface area contributed by atoms with Gasteiger partial charge in [-0.3, -0.25) is 9.52 Å². The standard InChI is InChI=1S/C12H15N3O3S/c1-19(17,18)15-12(16)10(13)6-8-7-14-11-5-3-2-4-9(8)11/h2-5,7,10,14H,6,13H2,1H3,(H,15,16)/t10-/m0/s1. The van der Waals surface area contributed by atoms with Crippen LogP contribution in [0.4, 0.5) is 0 Å². The molecule has 0 fully saturated rings. The molecule has 19 heavy (non-hydrogen) atoms. The Morgan fingerprint density at radius 2 is 2.11 bits per heavy atom. The van der Waals surface area contributed by atoms with Gasteiger partial charge in [-0.05, 0) is 18.1 Å². The van der Waals surface area contributed by atoms with Crippen molar-refractivity contribution in [3.05, 3.63) is 36.0 Å². The van der Waals surface area contributed by atoms with Crippen LogP contribution < -0.4 is 10.5 Å². The van der Waals surface area contributed by atoms with Crippen LogP contribution in [0.5, 0.6) is 0 Å². The van der Waals surface area contributed by atoms with E-state index < -0.39 is 22.0 Å². The molecule has 2 aromatic rings. The zero-order valence-electron chi connectivity index (χ0n) is 10.4. The number of H-pyrrole nitrogens is 1. The maximum Gasteiger partial charge on any atom is 0.250 e. The number of nitrogens with one attached hydrogen (secondary N) is 2. The largest absolute Gasteiger partial charge is 0.361 e. The number of hydrogen-bond acceptors (Lipinski definition) is 4. The molecule has 0 saturated heterocycles. The monoisotopic (exact) mass is 281 g/mol. The Kier molecular flexibility index (Phi) is 3.59. The number of rotatable bonds is 4. The van der Waals surface area contributed by atoms with Crippen molar-refractivity contribution in [1.82, 2.24) is 9.71 Å². The molecule has 1 aromatic heterocycles. The van der Waals surface area contributed by atoms with E-state index in [2.05, 4.69) is 4.98 Å². The first-order chi connectivity index (χ1) is 8.87. The van der Waals surface area contributed by atoms with Gasteiger partial charge >= 0.3 is 0 Å². The normalized spacial score (nSPS) is 13.4. The molecular weight excluding hydrogens is 266 g/mol. The van der Waals surface area contributed by atoms with Gasteiger partial charge in [-0.25, -0.2) is 8.42 Å². The van der Waals surface area contributed by atoms with Crippen LogP contribution in [0.15, 0.2) is 30.5 Å². The van der Waals surface area contributed by atoms with E-state index in [-0.39, 0.29) is 6.42 Å². The second-order valence-corrected chi connectivity index (χ2v) is 6.16. The number of fused-ring (bicyclic) bond motifs is 1. The molecule has 0 aliphatic heterocycles. The molecule has 102 valence electrons. The van der Waals surface area contributed by atoms with Crippen molar-refractivity contribution in [2.24, 2.45) is 5.73 Å². The van der Waals surface area contributed by atoms with Gasteiger partial charge in [0.05, 0.1) is 12.3 Å². The van der Waals surface area contributed by atoms with Crippen molar-refractivity contribution in [1.29, 1.82) is 0 Å². The molecule has 1 heterocycles. The van der Waals surface area contributed by atoms with Gasteiger partial charge < -0.3 is 10.7 Å². The quantitative estimate of drug-likeness (QED) is 0.740. The topological polar surface area (TPSA) is 105 Å². The zero-order chi connectivity index (χ0) is 14.0. The number of carbonyl (C=O) groups excluding carboxylic acids is 1. The highest BCUT2D eigenvalue weighted by molar-refractivity contribution is 7.89. The van der Waals surface area contributed by atoms with E-state index in [0.29, 0.717) is 0 Å². The number of carbonyl (C=O) groups is 1. The van der Waals surface area contributed by atoms with Gasteiger partial charge in [-0.15, -0.1) is 0 Å². The summed E-state index contributed by atoms with van der Waals surface area (Å²) in [7, 11) is -3.58. The van der Waals surface area contributed by atoms with Gasteiger partial charge in [-0.1, -0.05) is 18.2 Å². The maximum absolute atomic E-state index is 11.6. The molecule has 6 nitrogen and oxygen atoms in total. The Labute approximate surface area is 111 Å². The van der Waals surface area contributed by atoms with E-state index in [1.54, 1.807) is 6.20 Å². The molecule has 0 aliphatic rings. The summed E-state index contributed by atoms with van der Waals surface area (Å²) >= 11 is 0. The number of amides is 1. The fourth-order valence-corrected chi connectivity index (χ4v) is 2.41. The first-order valence-electron chi connectivity index (χ1n) is 5.69. The molecule has 0 aliphatic carbocycles. The highest BCUT2D eigenvalue weighted by Crippen LogP contribution is 2.18. The summed E-state index contributed by atoms with van der Waals surface area (Å²) < 4.78 is 23.8. The third kappa shape index (κ3) is 3.33. The molecule has 7 heteroatoms. The Morgan fingerprint density at radius 3 is 2.79 bits per heavy atom. The van der Waals surface area contributed by atoms with E-state index >= 15 is 0 Å². The molecule has 1 aromatic carbocycles. The maximum atomic E-state index is 11.6. The lowest BCUT2D eigenvalue weighted by Crippen LogP contribution is -2.44. The average molecular weight is 281 g/mol. The fraction of sp³-hybridized carbons (Fsp3) is 0.250. The molecule has 1 atom stereocenters. The van der Waals surface area contributed by atoms with E-state index in [0.717, 1.165) is 22.7 Å². The number of aromatic amines is 1. The summed E-state index contributed by atoms with van der Waals surface area (Å²) in [5.74, 6) is -0.701. The third-order valence-corrected chi connectivity index (χ3v) is 3.31. The summed E-state index contributed by atoms with van der Waals surface area (Å²) in [6.07, 6.45) is 2.97. The van der Waals surface area contributed by atoms with Crippen molar-refractivity contribution in [3.8, 4) is 0 Å². The van der Waals surface area contributed by atoms with Gasteiger partial charge in [0, 0.05) is 17.1 Å². The van der Waals surface area contributed by atoms with Crippen LogP contribution in [0.25, 0.3) is 10.9 Å². The van der Waals surface area contributed by atoms with Gasteiger partial charge in [0.25, 0.3) is 5.91 Å². The summed E-state index contributed by atoms with van der Waals surface area (Å²) in [4.78, 5) is 14.7. The minimum atomic E-state index is -3.58. The Hall–Kier alpha value is -1.86. The third-order valence-electron chi connectivity index (χ3n) is 2.74. The molecular formula is C12H15N3O3S. The summed E-state index contributed by atoms with van der Waals surface area (Å²) in [6.45, 7) is 0.